The maximum absolute atomic E-state index is 15.2. The van der Waals surface area contributed by atoms with Gasteiger partial charge in [-0.25, -0.2) is 0 Å². The fourth-order valence-corrected chi connectivity index (χ4v) is 20.3. The molecule has 0 saturated heterocycles. The molecule has 0 unspecified atom stereocenters. The van der Waals surface area contributed by atoms with Crippen molar-refractivity contribution in [3.8, 4) is 0 Å². The van der Waals surface area contributed by atoms with E-state index in [0.717, 1.165) is 329 Å². The lowest BCUT2D eigenvalue weighted by Gasteiger charge is -2.64. The number of hydrogen-bond donors (Lipinski definition) is 3. The second-order valence-corrected chi connectivity index (χ2v) is 40.1. The van der Waals surface area contributed by atoms with E-state index < -0.39 is 16.2 Å². The molecule has 3 amide bonds. The highest BCUT2D eigenvalue weighted by Crippen LogP contribution is 2.70. The van der Waals surface area contributed by atoms with Gasteiger partial charge in [0.2, 0.25) is 17.7 Å². The van der Waals surface area contributed by atoms with Crippen molar-refractivity contribution in [1.29, 1.82) is 0 Å². The minimum Gasteiger partial charge on any atom is -0.466 e. The maximum Gasteiger partial charge on any atom is 0.305 e. The van der Waals surface area contributed by atoms with Crippen LogP contribution >= 0.6 is 0 Å². The largest absolute Gasteiger partial charge is 0.466 e. The Morgan fingerprint density at radius 1 is 0.208 bits per heavy atom. The van der Waals surface area contributed by atoms with Crippen molar-refractivity contribution in [2.75, 3.05) is 118 Å². The number of nitrogens with one attached hydrogen (secondary N) is 3. The minimum atomic E-state index is -0.814. The maximum atomic E-state index is 15.2. The highest BCUT2D eigenvalue weighted by atomic mass is 16.6. The number of amides is 3. The molecule has 4 rings (SSSR count). The molecule has 758 valence electrons. The third-order valence-corrected chi connectivity index (χ3v) is 27.8. The third kappa shape index (κ3) is 62.0. The zero-order chi connectivity index (χ0) is 94.0. The van der Waals surface area contributed by atoms with E-state index in [2.05, 4.69) is 72.2 Å². The van der Waals surface area contributed by atoms with Crippen LogP contribution in [0.1, 0.15) is 504 Å². The van der Waals surface area contributed by atoms with Crippen molar-refractivity contribution in [3.63, 3.8) is 0 Å². The smallest absolute Gasteiger partial charge is 0.305 e. The molecule has 130 heavy (non-hydrogen) atoms. The summed E-state index contributed by atoms with van der Waals surface area (Å²) in [5.74, 6) is -0.421. The van der Waals surface area contributed by atoms with Gasteiger partial charge in [-0.05, 0) is 257 Å². The number of carbonyl (C=O) groups is 9. The van der Waals surface area contributed by atoms with Gasteiger partial charge >= 0.3 is 35.8 Å². The number of hydrogen-bond acceptors (Lipinski definition) is 18. The molecular weight excluding hydrogens is 1630 g/mol. The molecule has 21 nitrogen and oxygen atoms in total. The molecule has 4 bridgehead atoms. The van der Waals surface area contributed by atoms with Crippen molar-refractivity contribution < 1.29 is 71.6 Å². The van der Waals surface area contributed by atoms with Gasteiger partial charge in [0, 0.05) is 58.2 Å². The molecule has 4 saturated carbocycles. The number of unbranched alkanes of at least 4 members (excludes halogenated alkanes) is 45. The van der Waals surface area contributed by atoms with Crippen LogP contribution in [-0.2, 0) is 71.6 Å². The molecular formula is C109H202N6O15. The van der Waals surface area contributed by atoms with E-state index in [9.17, 15) is 28.8 Å². The summed E-state index contributed by atoms with van der Waals surface area (Å²) in [5.41, 5.74) is -2.44. The summed E-state index contributed by atoms with van der Waals surface area (Å²) in [6.45, 7) is 26.7. The van der Waals surface area contributed by atoms with Gasteiger partial charge in [0.15, 0.2) is 0 Å². The Labute approximate surface area is 795 Å². The summed E-state index contributed by atoms with van der Waals surface area (Å²) >= 11 is 0. The predicted octanol–water partition coefficient (Wildman–Crippen LogP) is 25.3. The van der Waals surface area contributed by atoms with Crippen LogP contribution in [0.4, 0.5) is 0 Å². The second-order valence-electron chi connectivity index (χ2n) is 40.1. The summed E-state index contributed by atoms with van der Waals surface area (Å²) < 4.78 is 33.3. The lowest BCUT2D eigenvalue weighted by Crippen LogP contribution is -2.67. The summed E-state index contributed by atoms with van der Waals surface area (Å²) in [6.07, 6.45) is 68.7. The topological polar surface area (TPSA) is 255 Å². The highest BCUT2D eigenvalue weighted by molar-refractivity contribution is 5.92. The van der Waals surface area contributed by atoms with Gasteiger partial charge in [0.25, 0.3) is 0 Å². The van der Waals surface area contributed by atoms with Crippen LogP contribution < -0.4 is 16.0 Å². The SMILES string of the molecule is CCCCCCCOC(=O)CCCCCN(CCCCCCNC(=O)C12CC3CC(C(=O)NCCCCCCN(CCCCCC(=O)OCCCCCCC)CCCCCC(=O)OCCCCCCC)(C1)CC(C(=O)NCCCCCCN(CCCCCC(=O)OCCCCCCC)CCCCCC(=O)OCCCCCCC)(C3)C2)CCCCCC(=O)OCCCCCCC. The molecule has 0 atom stereocenters. The molecule has 0 aliphatic heterocycles. The molecule has 3 N–H and O–H groups in total. The number of nitrogens with zero attached hydrogens (tertiary/aromatic N) is 3. The van der Waals surface area contributed by atoms with E-state index >= 15 is 14.4 Å². The first kappa shape index (κ1) is 119. The molecule has 0 radical (unpaired) electrons. The van der Waals surface area contributed by atoms with E-state index in [1.165, 1.54) is 116 Å². The molecule has 0 aromatic carbocycles. The zero-order valence-corrected chi connectivity index (χ0v) is 85.2. The molecule has 0 aromatic heterocycles. The van der Waals surface area contributed by atoms with Gasteiger partial charge in [-0.1, -0.05) is 273 Å². The highest BCUT2D eigenvalue weighted by Gasteiger charge is 2.69. The van der Waals surface area contributed by atoms with E-state index in [1.54, 1.807) is 0 Å². The van der Waals surface area contributed by atoms with Crippen molar-refractivity contribution in [1.82, 2.24) is 30.7 Å². The fraction of sp³-hybridized carbons (Fsp3) is 0.917. The molecule has 4 aliphatic carbocycles. The summed E-state index contributed by atoms with van der Waals surface area (Å²) in [5, 5.41) is 10.3. The molecule has 0 aromatic rings. The summed E-state index contributed by atoms with van der Waals surface area (Å²) in [4.78, 5) is 128. The van der Waals surface area contributed by atoms with Crippen LogP contribution in [0.15, 0.2) is 0 Å². The Hall–Kier alpha value is -4.89. The van der Waals surface area contributed by atoms with Gasteiger partial charge in [-0.2, -0.15) is 0 Å². The first-order chi connectivity index (χ1) is 63.5. The molecule has 4 fully saturated rings. The minimum absolute atomic E-state index is 0.00516. The Bertz CT molecular complexity index is 2400. The van der Waals surface area contributed by atoms with Gasteiger partial charge < -0.3 is 59.1 Å². The third-order valence-electron chi connectivity index (χ3n) is 27.8. The van der Waals surface area contributed by atoms with Crippen molar-refractivity contribution in [3.05, 3.63) is 0 Å². The number of carbonyl (C=O) groups excluding carboxylic acids is 9. The Morgan fingerprint density at radius 2 is 0.362 bits per heavy atom. The van der Waals surface area contributed by atoms with Crippen LogP contribution in [0, 0.1) is 22.2 Å². The lowest BCUT2D eigenvalue weighted by molar-refractivity contribution is -0.188. The predicted molar refractivity (Wildman–Crippen MR) is 531 cm³/mol. The Kier molecular flexibility index (Phi) is 75.6. The molecule has 21 heteroatoms. The van der Waals surface area contributed by atoms with Crippen LogP contribution in [0.2, 0.25) is 0 Å². The first-order valence-electron chi connectivity index (χ1n) is 55.5. The van der Waals surface area contributed by atoms with Crippen molar-refractivity contribution >= 4 is 53.5 Å². The number of esters is 6. The van der Waals surface area contributed by atoms with E-state index in [0.29, 0.717) is 136 Å². The molecule has 0 heterocycles. The van der Waals surface area contributed by atoms with Gasteiger partial charge in [-0.3, -0.25) is 43.2 Å². The zero-order valence-electron chi connectivity index (χ0n) is 85.2. The Balaban J connectivity index is 1.69. The lowest BCUT2D eigenvalue weighted by atomic mass is 9.39. The molecule has 0 spiro atoms. The normalized spacial score (nSPS) is 16.8. The average Bonchev–Trinajstić information content (AvgIpc) is 0.689. The van der Waals surface area contributed by atoms with Crippen LogP contribution in [0.3, 0.4) is 0 Å². The van der Waals surface area contributed by atoms with Crippen LogP contribution in [-0.4, -0.2) is 186 Å². The van der Waals surface area contributed by atoms with E-state index in [-0.39, 0.29) is 59.5 Å². The average molecular weight is 1840 g/mol. The van der Waals surface area contributed by atoms with Gasteiger partial charge in [0.1, 0.15) is 0 Å². The van der Waals surface area contributed by atoms with Crippen LogP contribution in [0.25, 0.3) is 0 Å². The Morgan fingerprint density at radius 3 is 0.538 bits per heavy atom. The van der Waals surface area contributed by atoms with Crippen molar-refractivity contribution in [2.45, 2.75) is 504 Å². The van der Waals surface area contributed by atoms with Crippen molar-refractivity contribution in [2.24, 2.45) is 22.2 Å². The summed E-state index contributed by atoms with van der Waals surface area (Å²) in [6, 6.07) is 0. The monoisotopic (exact) mass is 1840 g/mol. The van der Waals surface area contributed by atoms with Gasteiger partial charge in [0.05, 0.1) is 55.9 Å². The first-order valence-corrected chi connectivity index (χ1v) is 55.5. The van der Waals surface area contributed by atoms with Gasteiger partial charge in [-0.15, -0.1) is 0 Å². The van der Waals surface area contributed by atoms with Crippen LogP contribution in [0.5, 0.6) is 0 Å². The quantitative estimate of drug-likeness (QED) is 0.0291. The second kappa shape index (κ2) is 82.4. The fourth-order valence-electron chi connectivity index (χ4n) is 20.3. The van der Waals surface area contributed by atoms with E-state index in [4.69, 9.17) is 28.4 Å². The summed E-state index contributed by atoms with van der Waals surface area (Å²) in [7, 11) is 0. The standard InChI is InChI=1S/C109H202N6O15/c1-7-13-19-31-61-85-125-98(116)67-43-37-55-79-113(80-56-38-44-68-99(117)126-86-62-32-20-14-8-2)76-52-28-25-49-73-110-104(122)107-91-97-92-108(94-107,105(123)111-74-50-26-29-53-77-114(81-57-39-45-69-100(118)127-87-63-33-21-15-9-3)82-58-40-46-70-101(119)128-88-64-34-22-16-10-4)96-109(93-97,95-107)106(124)112-75-51-27-30-54-78-115(83-59-41-47-71-102(120)129-89-65-35-23-17-11-5)84-60-42-48-72-103(121)130-90-66-36-24-18-12-6/h97H,7-96H2,1-6H3,(H,110,122)(H,111,123)(H,112,124). The molecule has 4 aliphatic rings. The number of rotatable bonds is 96. The van der Waals surface area contributed by atoms with E-state index in [1.807, 2.05) is 0 Å². The number of ether oxygens (including phenoxy) is 6.